The zero-order valence-corrected chi connectivity index (χ0v) is 17.7. The number of aryl methyl sites for hydroxylation is 1. The van der Waals surface area contributed by atoms with Gasteiger partial charge in [-0.2, -0.15) is 4.72 Å². The minimum absolute atomic E-state index is 0.0668. The Balaban J connectivity index is 1.83. The third-order valence-corrected chi connectivity index (χ3v) is 6.87. The molecule has 7 nitrogen and oxygen atoms in total. The molecule has 1 fully saturated rings. The number of rotatable bonds is 7. The number of hydrogen-bond acceptors (Lipinski definition) is 5. The number of carbonyl (C=O) groups excluding carboxylic acids is 2. The Hall–Kier alpha value is -1.93. The molecule has 1 aromatic carbocycles. The minimum Gasteiger partial charge on any atom is -0.452 e. The van der Waals surface area contributed by atoms with Gasteiger partial charge in [-0.25, -0.2) is 8.42 Å². The van der Waals surface area contributed by atoms with Crippen LogP contribution in [0.25, 0.3) is 0 Å². The molecule has 2 rings (SSSR count). The normalized spacial score (nSPS) is 23.6. The summed E-state index contributed by atoms with van der Waals surface area (Å²) in [5.41, 5.74) is 0.930. The number of hydrogen-bond donors (Lipinski definition) is 2. The van der Waals surface area contributed by atoms with E-state index in [1.165, 1.54) is 19.1 Å². The van der Waals surface area contributed by atoms with E-state index in [-0.39, 0.29) is 16.8 Å². The van der Waals surface area contributed by atoms with E-state index in [2.05, 4.69) is 23.9 Å². The van der Waals surface area contributed by atoms with Gasteiger partial charge in [0.25, 0.3) is 5.91 Å². The Morgan fingerprint density at radius 1 is 1.18 bits per heavy atom. The predicted octanol–water partition coefficient (Wildman–Crippen LogP) is 2.15. The molecule has 0 bridgehead atoms. The number of esters is 1. The Bertz CT molecular complexity index is 791. The smallest absolute Gasteiger partial charge is 0.321 e. The zero-order chi connectivity index (χ0) is 20.9. The number of amides is 1. The summed E-state index contributed by atoms with van der Waals surface area (Å²) < 4.78 is 31.7. The van der Waals surface area contributed by atoms with Crippen LogP contribution in [0.2, 0.25) is 0 Å². The van der Waals surface area contributed by atoms with E-state index in [1.807, 2.05) is 6.92 Å². The van der Waals surface area contributed by atoms with E-state index in [9.17, 15) is 18.0 Å². The van der Waals surface area contributed by atoms with E-state index in [0.29, 0.717) is 11.8 Å². The van der Waals surface area contributed by atoms with Crippen LogP contribution in [-0.2, 0) is 24.3 Å². The number of nitrogens with one attached hydrogen (secondary N) is 2. The van der Waals surface area contributed by atoms with Crippen molar-refractivity contribution in [2.75, 3.05) is 6.54 Å². The summed E-state index contributed by atoms with van der Waals surface area (Å²) in [7, 11) is -3.82. The molecule has 4 atom stereocenters. The second-order valence-electron chi connectivity index (χ2n) is 7.65. The first kappa shape index (κ1) is 22.4. The van der Waals surface area contributed by atoms with Crippen LogP contribution >= 0.6 is 0 Å². The quantitative estimate of drug-likeness (QED) is 0.671. The van der Waals surface area contributed by atoms with Crippen LogP contribution in [0.15, 0.2) is 29.2 Å². The lowest BCUT2D eigenvalue weighted by Crippen LogP contribution is -2.48. The molecule has 1 aliphatic carbocycles. The van der Waals surface area contributed by atoms with Gasteiger partial charge in [0.2, 0.25) is 10.0 Å². The van der Waals surface area contributed by atoms with Crippen LogP contribution in [0.3, 0.4) is 0 Å². The van der Waals surface area contributed by atoms with Crippen LogP contribution < -0.4 is 10.0 Å². The summed E-state index contributed by atoms with van der Waals surface area (Å²) in [4.78, 5) is 24.4. The van der Waals surface area contributed by atoms with Crippen molar-refractivity contribution in [2.45, 2.75) is 64.0 Å². The molecule has 1 aliphatic rings. The van der Waals surface area contributed by atoms with Crippen molar-refractivity contribution in [3.63, 3.8) is 0 Å². The van der Waals surface area contributed by atoms with E-state index < -0.39 is 28.6 Å². The molecule has 1 amide bonds. The molecular weight excluding hydrogens is 380 g/mol. The van der Waals surface area contributed by atoms with Crippen molar-refractivity contribution < 1.29 is 22.7 Å². The fourth-order valence-electron chi connectivity index (χ4n) is 3.33. The molecule has 2 N–H and O–H groups in total. The highest BCUT2D eigenvalue weighted by Gasteiger charge is 2.30. The van der Waals surface area contributed by atoms with Crippen LogP contribution in [0, 0.1) is 18.8 Å². The van der Waals surface area contributed by atoms with E-state index in [1.54, 1.807) is 12.1 Å². The molecule has 0 saturated heterocycles. The van der Waals surface area contributed by atoms with Gasteiger partial charge < -0.3 is 10.1 Å². The number of benzene rings is 1. The van der Waals surface area contributed by atoms with Gasteiger partial charge in [0.15, 0.2) is 6.10 Å². The van der Waals surface area contributed by atoms with Crippen molar-refractivity contribution in [3.8, 4) is 0 Å². The highest BCUT2D eigenvalue weighted by atomic mass is 32.2. The van der Waals surface area contributed by atoms with Crippen LogP contribution in [0.1, 0.15) is 45.6 Å². The Labute approximate surface area is 167 Å². The van der Waals surface area contributed by atoms with Crippen molar-refractivity contribution >= 4 is 21.9 Å². The van der Waals surface area contributed by atoms with E-state index in [0.717, 1.165) is 24.8 Å². The molecule has 0 aromatic heterocycles. The summed E-state index contributed by atoms with van der Waals surface area (Å²) in [6, 6.07) is 6.34. The minimum atomic E-state index is -3.82. The van der Waals surface area contributed by atoms with Gasteiger partial charge in [-0.05, 0) is 44.2 Å². The largest absolute Gasteiger partial charge is 0.452 e. The van der Waals surface area contributed by atoms with Crippen LogP contribution in [0.4, 0.5) is 0 Å². The summed E-state index contributed by atoms with van der Waals surface area (Å²) in [5.74, 6) is -0.265. The second kappa shape index (κ2) is 9.52. The lowest BCUT2D eigenvalue weighted by molar-refractivity contribution is -0.154. The third kappa shape index (κ3) is 6.04. The molecule has 1 aromatic rings. The summed E-state index contributed by atoms with van der Waals surface area (Å²) in [5, 5.41) is 2.95. The fourth-order valence-corrected chi connectivity index (χ4v) is 4.30. The van der Waals surface area contributed by atoms with E-state index >= 15 is 0 Å². The van der Waals surface area contributed by atoms with Crippen molar-refractivity contribution in [2.24, 2.45) is 11.8 Å². The third-order valence-electron chi connectivity index (χ3n) is 5.45. The summed E-state index contributed by atoms with van der Waals surface area (Å²) >= 11 is 0. The first-order valence-corrected chi connectivity index (χ1v) is 11.1. The average molecular weight is 411 g/mol. The number of ether oxygens (including phenoxy) is 1. The monoisotopic (exact) mass is 410 g/mol. The Morgan fingerprint density at radius 2 is 1.82 bits per heavy atom. The average Bonchev–Trinajstić information content (AvgIpc) is 2.64. The van der Waals surface area contributed by atoms with Gasteiger partial charge >= 0.3 is 5.97 Å². The summed E-state index contributed by atoms with van der Waals surface area (Å²) in [6.07, 6.45) is 2.14. The molecular formula is C20H30N2O5S. The maximum atomic E-state index is 12.3. The molecule has 0 aliphatic heterocycles. The maximum absolute atomic E-state index is 12.3. The van der Waals surface area contributed by atoms with Crippen molar-refractivity contribution in [1.29, 1.82) is 0 Å². The highest BCUT2D eigenvalue weighted by Crippen LogP contribution is 2.29. The van der Waals surface area contributed by atoms with Gasteiger partial charge in [0.05, 0.1) is 4.90 Å². The zero-order valence-electron chi connectivity index (χ0n) is 16.9. The molecule has 28 heavy (non-hydrogen) atoms. The molecule has 8 heteroatoms. The van der Waals surface area contributed by atoms with Gasteiger partial charge in [0.1, 0.15) is 6.54 Å². The molecule has 0 heterocycles. The van der Waals surface area contributed by atoms with Crippen LogP contribution in [0.5, 0.6) is 0 Å². The predicted molar refractivity (Wildman–Crippen MR) is 106 cm³/mol. The molecule has 0 radical (unpaired) electrons. The molecule has 1 saturated carbocycles. The topological polar surface area (TPSA) is 102 Å². The van der Waals surface area contributed by atoms with Gasteiger partial charge in [-0.15, -0.1) is 0 Å². The standard InChI is InChI=1S/C20H30N2O5S/c1-13-8-10-17(11-9-13)28(25,26)21-12-19(23)27-16(4)20(24)22-18-7-5-6-14(2)15(18)3/h8-11,14-16,18,21H,5-7,12H2,1-4H3,(H,22,24)/t14-,15-,16-,18-/m0/s1. The van der Waals surface area contributed by atoms with Gasteiger partial charge in [-0.3, -0.25) is 9.59 Å². The van der Waals surface area contributed by atoms with Crippen LogP contribution in [-0.4, -0.2) is 39.0 Å². The molecule has 0 spiro atoms. The summed E-state index contributed by atoms with van der Waals surface area (Å²) in [6.45, 7) is 7.09. The van der Waals surface area contributed by atoms with E-state index in [4.69, 9.17) is 4.74 Å². The molecule has 0 unspecified atom stereocenters. The number of sulfonamides is 1. The van der Waals surface area contributed by atoms with Crippen molar-refractivity contribution in [1.82, 2.24) is 10.0 Å². The molecule has 156 valence electrons. The Morgan fingerprint density at radius 3 is 2.46 bits per heavy atom. The SMILES string of the molecule is Cc1ccc(S(=O)(=O)NCC(=O)O[C@@H](C)C(=O)N[C@H]2CCC[C@H](C)[C@@H]2C)cc1. The Kier molecular flexibility index (Phi) is 7.60. The second-order valence-corrected chi connectivity index (χ2v) is 9.42. The highest BCUT2D eigenvalue weighted by molar-refractivity contribution is 7.89. The maximum Gasteiger partial charge on any atom is 0.321 e. The first-order valence-electron chi connectivity index (χ1n) is 9.66. The fraction of sp³-hybridized carbons (Fsp3) is 0.600. The lowest BCUT2D eigenvalue weighted by Gasteiger charge is -2.35. The van der Waals surface area contributed by atoms with Crippen molar-refractivity contribution in [3.05, 3.63) is 29.8 Å². The lowest BCUT2D eigenvalue weighted by atomic mass is 9.78. The number of carbonyl (C=O) groups is 2. The first-order chi connectivity index (χ1) is 13.1. The van der Waals surface area contributed by atoms with Gasteiger partial charge in [-0.1, -0.05) is 44.4 Å². The van der Waals surface area contributed by atoms with Gasteiger partial charge in [0, 0.05) is 6.04 Å².